The van der Waals surface area contributed by atoms with E-state index in [1.165, 1.54) is 35.3 Å². The number of carboxylic acids is 1. The second-order valence-corrected chi connectivity index (χ2v) is 4.55. The van der Waals surface area contributed by atoms with Crippen molar-refractivity contribution >= 4 is 11.7 Å². The van der Waals surface area contributed by atoms with Crippen LogP contribution in [0.2, 0.25) is 0 Å². The van der Waals surface area contributed by atoms with Gasteiger partial charge >= 0.3 is 11.7 Å². The van der Waals surface area contributed by atoms with E-state index in [4.69, 9.17) is 9.84 Å². The van der Waals surface area contributed by atoms with E-state index in [0.29, 0.717) is 5.69 Å². The van der Waals surface area contributed by atoms with Crippen LogP contribution in [0.25, 0.3) is 5.69 Å². The van der Waals surface area contributed by atoms with Crippen LogP contribution in [-0.2, 0) is 0 Å². The summed E-state index contributed by atoms with van der Waals surface area (Å²) in [5.74, 6) is -0.985. The first-order valence-corrected chi connectivity index (χ1v) is 6.12. The molecule has 2 aromatic rings. The molecule has 0 aliphatic rings. The lowest BCUT2D eigenvalue weighted by Gasteiger charge is -2.11. The predicted octanol–water partition coefficient (Wildman–Crippen LogP) is 2.27. The van der Waals surface area contributed by atoms with Gasteiger partial charge in [0.25, 0.3) is 0 Å². The highest BCUT2D eigenvalue weighted by molar-refractivity contribution is 5.87. The van der Waals surface area contributed by atoms with Crippen LogP contribution in [0.15, 0.2) is 30.6 Å². The molecule has 0 aliphatic carbocycles. The maximum absolute atomic E-state index is 11.0. The van der Waals surface area contributed by atoms with Crippen molar-refractivity contribution in [1.82, 2.24) is 9.78 Å². The Kier molecular flexibility index (Phi) is 3.88. The van der Waals surface area contributed by atoms with Gasteiger partial charge < -0.3 is 9.84 Å². The monoisotopic (exact) mass is 291 g/mol. The van der Waals surface area contributed by atoms with Gasteiger partial charge in [0.1, 0.15) is 0 Å². The number of aromatic carboxylic acids is 1. The number of benzene rings is 1. The molecule has 1 heterocycles. The Balaban J connectivity index is 2.44. The summed E-state index contributed by atoms with van der Waals surface area (Å²) in [4.78, 5) is 21.3. The fourth-order valence-electron chi connectivity index (χ4n) is 1.72. The van der Waals surface area contributed by atoms with Crippen molar-refractivity contribution < 1.29 is 19.6 Å². The molecular weight excluding hydrogens is 278 g/mol. The number of aromatic nitrogens is 2. The first-order chi connectivity index (χ1) is 9.88. The number of nitro groups is 1. The molecule has 8 heteroatoms. The summed E-state index contributed by atoms with van der Waals surface area (Å²) in [6.45, 7) is 3.51. The van der Waals surface area contributed by atoms with Crippen LogP contribution in [0, 0.1) is 10.1 Å². The number of ether oxygens (including phenoxy) is 1. The maximum atomic E-state index is 11.0. The zero-order chi connectivity index (χ0) is 15.6. The minimum Gasteiger partial charge on any atom is -0.484 e. The molecule has 2 rings (SSSR count). The average molecular weight is 291 g/mol. The summed E-state index contributed by atoms with van der Waals surface area (Å²) in [6.07, 6.45) is 2.29. The molecule has 0 saturated carbocycles. The maximum Gasteiger partial charge on any atom is 0.338 e. The van der Waals surface area contributed by atoms with Gasteiger partial charge in [-0.1, -0.05) is 0 Å². The average Bonchev–Trinajstić information content (AvgIpc) is 2.87. The molecule has 8 nitrogen and oxygen atoms in total. The van der Waals surface area contributed by atoms with Gasteiger partial charge in [0.15, 0.2) is 5.75 Å². The second-order valence-electron chi connectivity index (χ2n) is 4.55. The third-order valence-corrected chi connectivity index (χ3v) is 2.60. The normalized spacial score (nSPS) is 10.6. The zero-order valence-electron chi connectivity index (χ0n) is 11.4. The standard InChI is InChI=1S/C13H13N3O5/c1-8(2)21-12-5-10(3-4-11(12)16(19)20)15-7-9(6-14-15)13(17)18/h3-8H,1-2H3,(H,17,18). The quantitative estimate of drug-likeness (QED) is 0.668. The van der Waals surface area contributed by atoms with Crippen molar-refractivity contribution in [3.63, 3.8) is 0 Å². The van der Waals surface area contributed by atoms with Crippen molar-refractivity contribution in [2.45, 2.75) is 20.0 Å². The lowest BCUT2D eigenvalue weighted by molar-refractivity contribution is -0.386. The molecular formula is C13H13N3O5. The number of hydrogen-bond acceptors (Lipinski definition) is 5. The topological polar surface area (TPSA) is 107 Å². The van der Waals surface area contributed by atoms with Gasteiger partial charge in [-0.05, 0) is 19.9 Å². The second kappa shape index (κ2) is 5.61. The Morgan fingerprint density at radius 2 is 2.19 bits per heavy atom. The van der Waals surface area contributed by atoms with Crippen LogP contribution in [0.3, 0.4) is 0 Å². The zero-order valence-corrected chi connectivity index (χ0v) is 11.4. The third-order valence-electron chi connectivity index (χ3n) is 2.60. The van der Waals surface area contributed by atoms with Crippen LogP contribution in [-0.4, -0.2) is 31.9 Å². The van der Waals surface area contributed by atoms with E-state index in [0.717, 1.165) is 0 Å². The summed E-state index contributed by atoms with van der Waals surface area (Å²) >= 11 is 0. The van der Waals surface area contributed by atoms with E-state index >= 15 is 0 Å². The molecule has 0 aliphatic heterocycles. The van der Waals surface area contributed by atoms with Gasteiger partial charge in [0, 0.05) is 18.3 Å². The number of hydrogen-bond donors (Lipinski definition) is 1. The Labute approximate surface area is 119 Å². The first-order valence-electron chi connectivity index (χ1n) is 6.12. The Morgan fingerprint density at radius 1 is 1.48 bits per heavy atom. The molecule has 0 amide bonds. The number of rotatable bonds is 5. The van der Waals surface area contributed by atoms with Gasteiger partial charge in [-0.3, -0.25) is 10.1 Å². The highest BCUT2D eigenvalue weighted by Gasteiger charge is 2.18. The highest BCUT2D eigenvalue weighted by Crippen LogP contribution is 2.30. The highest BCUT2D eigenvalue weighted by atomic mass is 16.6. The molecule has 0 spiro atoms. The molecule has 1 aromatic carbocycles. The van der Waals surface area contributed by atoms with Crippen LogP contribution in [0.4, 0.5) is 5.69 Å². The van der Waals surface area contributed by atoms with Crippen LogP contribution in [0.5, 0.6) is 5.75 Å². The molecule has 0 fully saturated rings. The summed E-state index contributed by atoms with van der Waals surface area (Å²) in [7, 11) is 0. The molecule has 0 saturated heterocycles. The third kappa shape index (κ3) is 3.16. The molecule has 0 bridgehead atoms. The Bertz CT molecular complexity index is 693. The fraction of sp³-hybridized carbons (Fsp3) is 0.231. The van der Waals surface area contributed by atoms with Crippen LogP contribution in [0.1, 0.15) is 24.2 Å². The number of nitro benzene ring substituents is 1. The Hall–Kier alpha value is -2.90. The van der Waals surface area contributed by atoms with Crippen molar-refractivity contribution in [1.29, 1.82) is 0 Å². The molecule has 1 N–H and O–H groups in total. The van der Waals surface area contributed by atoms with E-state index < -0.39 is 10.9 Å². The summed E-state index contributed by atoms with van der Waals surface area (Å²) in [5, 5.41) is 23.8. The molecule has 0 atom stereocenters. The minimum absolute atomic E-state index is 0.0275. The van der Waals surface area contributed by atoms with Crippen molar-refractivity contribution in [3.8, 4) is 11.4 Å². The molecule has 0 unspecified atom stereocenters. The van der Waals surface area contributed by atoms with E-state index in [1.807, 2.05) is 0 Å². The smallest absolute Gasteiger partial charge is 0.338 e. The molecule has 0 radical (unpaired) electrons. The van der Waals surface area contributed by atoms with E-state index in [1.54, 1.807) is 13.8 Å². The SMILES string of the molecule is CC(C)Oc1cc(-n2cc(C(=O)O)cn2)ccc1[N+](=O)[O-]. The molecule has 1 aromatic heterocycles. The molecule has 110 valence electrons. The van der Waals surface area contributed by atoms with Crippen molar-refractivity contribution in [2.24, 2.45) is 0 Å². The summed E-state index contributed by atoms with van der Waals surface area (Å²) in [5.41, 5.74) is 0.349. The number of carboxylic acid groups (broad SMARTS) is 1. The fourth-order valence-corrected chi connectivity index (χ4v) is 1.72. The summed E-state index contributed by atoms with van der Waals surface area (Å²) < 4.78 is 6.74. The van der Waals surface area contributed by atoms with Gasteiger partial charge in [-0.25, -0.2) is 9.48 Å². The van der Waals surface area contributed by atoms with E-state index in [-0.39, 0.29) is 23.1 Å². The lowest BCUT2D eigenvalue weighted by Crippen LogP contribution is -2.08. The van der Waals surface area contributed by atoms with Gasteiger partial charge in [0.05, 0.1) is 28.5 Å². The number of nitrogens with zero attached hydrogens (tertiary/aromatic N) is 3. The van der Waals surface area contributed by atoms with Gasteiger partial charge in [0.2, 0.25) is 0 Å². The molecule has 21 heavy (non-hydrogen) atoms. The predicted molar refractivity (Wildman–Crippen MR) is 72.9 cm³/mol. The van der Waals surface area contributed by atoms with Crippen molar-refractivity contribution in [3.05, 3.63) is 46.3 Å². The minimum atomic E-state index is -1.10. The summed E-state index contributed by atoms with van der Waals surface area (Å²) in [6, 6.07) is 4.23. The lowest BCUT2D eigenvalue weighted by atomic mass is 10.2. The van der Waals surface area contributed by atoms with Crippen LogP contribution < -0.4 is 4.74 Å². The Morgan fingerprint density at radius 3 is 2.71 bits per heavy atom. The van der Waals surface area contributed by atoms with Gasteiger partial charge in [-0.2, -0.15) is 5.10 Å². The number of carbonyl (C=O) groups is 1. The van der Waals surface area contributed by atoms with Crippen molar-refractivity contribution in [2.75, 3.05) is 0 Å². The first kappa shape index (κ1) is 14.5. The largest absolute Gasteiger partial charge is 0.484 e. The van der Waals surface area contributed by atoms with Gasteiger partial charge in [-0.15, -0.1) is 0 Å². The van der Waals surface area contributed by atoms with Crippen LogP contribution >= 0.6 is 0 Å². The van der Waals surface area contributed by atoms with E-state index in [2.05, 4.69) is 5.10 Å². The van der Waals surface area contributed by atoms with E-state index in [9.17, 15) is 14.9 Å².